The number of carbonyl (C=O) groups excluding carboxylic acids is 1. The van der Waals surface area contributed by atoms with E-state index in [0.717, 1.165) is 11.1 Å². The van der Waals surface area contributed by atoms with Crippen LogP contribution in [0.4, 0.5) is 0 Å². The first kappa shape index (κ1) is 15.1. The Hall–Kier alpha value is -2.33. The second kappa shape index (κ2) is 6.41. The summed E-state index contributed by atoms with van der Waals surface area (Å²) < 4.78 is 0. The lowest BCUT2D eigenvalue weighted by Gasteiger charge is -2.08. The molecule has 0 bridgehead atoms. The average molecular weight is 304 g/mol. The maximum atomic E-state index is 12.0. The number of hydrogen-bond donors (Lipinski definition) is 2. The highest BCUT2D eigenvalue weighted by molar-refractivity contribution is 6.33. The maximum Gasteiger partial charge on any atom is 0.335 e. The lowest BCUT2D eigenvalue weighted by Crippen LogP contribution is -2.23. The van der Waals surface area contributed by atoms with Crippen LogP contribution in [0.15, 0.2) is 42.5 Å². The van der Waals surface area contributed by atoms with Crippen LogP contribution in [0.3, 0.4) is 0 Å². The van der Waals surface area contributed by atoms with Gasteiger partial charge in [-0.3, -0.25) is 4.79 Å². The molecular weight excluding hydrogens is 290 g/mol. The Bertz CT molecular complexity index is 680. The molecule has 0 heterocycles. The number of halogens is 1. The first-order valence-electron chi connectivity index (χ1n) is 6.34. The minimum atomic E-state index is -0.975. The van der Waals surface area contributed by atoms with Crippen LogP contribution in [0.1, 0.15) is 31.8 Å². The number of nitrogens with one attached hydrogen (secondary N) is 1. The molecule has 2 rings (SSSR count). The summed E-state index contributed by atoms with van der Waals surface area (Å²) in [5.74, 6) is -1.24. The van der Waals surface area contributed by atoms with Gasteiger partial charge in [0.15, 0.2) is 0 Å². The third-order valence-electron chi connectivity index (χ3n) is 3.02. The Morgan fingerprint density at radius 2 is 1.81 bits per heavy atom. The maximum absolute atomic E-state index is 12.0. The van der Waals surface area contributed by atoms with Crippen molar-refractivity contribution in [3.05, 3.63) is 69.7 Å². The van der Waals surface area contributed by atoms with Crippen molar-refractivity contribution in [2.24, 2.45) is 0 Å². The van der Waals surface area contributed by atoms with E-state index < -0.39 is 5.97 Å². The molecule has 0 radical (unpaired) electrons. The smallest absolute Gasteiger partial charge is 0.335 e. The predicted octanol–water partition coefficient (Wildman–Crippen LogP) is 3.28. The van der Waals surface area contributed by atoms with Gasteiger partial charge in [0, 0.05) is 6.54 Å². The van der Waals surface area contributed by atoms with E-state index in [-0.39, 0.29) is 11.5 Å². The first-order valence-corrected chi connectivity index (χ1v) is 6.72. The highest BCUT2D eigenvalue weighted by Crippen LogP contribution is 2.17. The number of aromatic carboxylic acids is 1. The topological polar surface area (TPSA) is 66.4 Å². The van der Waals surface area contributed by atoms with Crippen molar-refractivity contribution in [3.8, 4) is 0 Å². The third kappa shape index (κ3) is 3.83. The number of carboxylic acids is 1. The van der Waals surface area contributed by atoms with Crippen LogP contribution in [0.2, 0.25) is 5.02 Å². The van der Waals surface area contributed by atoms with E-state index >= 15 is 0 Å². The first-order chi connectivity index (χ1) is 9.97. The zero-order valence-electron chi connectivity index (χ0n) is 11.4. The van der Waals surface area contributed by atoms with E-state index in [9.17, 15) is 9.59 Å². The summed E-state index contributed by atoms with van der Waals surface area (Å²) in [6.07, 6.45) is 0. The minimum Gasteiger partial charge on any atom is -0.478 e. The second-order valence-electron chi connectivity index (χ2n) is 4.67. The molecule has 1 amide bonds. The zero-order chi connectivity index (χ0) is 15.4. The summed E-state index contributed by atoms with van der Waals surface area (Å²) in [6.45, 7) is 2.21. The molecule has 2 aromatic rings. The van der Waals surface area contributed by atoms with Gasteiger partial charge in [0.25, 0.3) is 5.91 Å². The fourth-order valence-electron chi connectivity index (χ4n) is 1.85. The highest BCUT2D eigenvalue weighted by Gasteiger charge is 2.10. The Kier molecular flexibility index (Phi) is 4.60. The fourth-order valence-corrected chi connectivity index (χ4v) is 2.17. The molecule has 0 unspecified atom stereocenters. The van der Waals surface area contributed by atoms with Crippen molar-refractivity contribution in [1.82, 2.24) is 5.32 Å². The molecule has 0 fully saturated rings. The van der Waals surface area contributed by atoms with Crippen LogP contribution in [0, 0.1) is 6.92 Å². The molecular formula is C16H14ClNO3. The van der Waals surface area contributed by atoms with Crippen LogP contribution < -0.4 is 5.32 Å². The number of hydrogen-bond acceptors (Lipinski definition) is 2. The highest BCUT2D eigenvalue weighted by atomic mass is 35.5. The number of carbonyl (C=O) groups is 2. The number of carboxylic acid groups (broad SMARTS) is 1. The van der Waals surface area contributed by atoms with Gasteiger partial charge in [0.05, 0.1) is 16.1 Å². The molecule has 0 aliphatic carbocycles. The SMILES string of the molecule is Cc1ccc(C(=O)NCc2ccc(C(=O)O)cc2)c(Cl)c1. The molecule has 5 heteroatoms. The van der Waals surface area contributed by atoms with Gasteiger partial charge < -0.3 is 10.4 Å². The van der Waals surface area contributed by atoms with Gasteiger partial charge in [-0.25, -0.2) is 4.79 Å². The molecule has 108 valence electrons. The van der Waals surface area contributed by atoms with Gasteiger partial charge in [-0.15, -0.1) is 0 Å². The number of aryl methyl sites for hydroxylation is 1. The van der Waals surface area contributed by atoms with Crippen LogP contribution >= 0.6 is 11.6 Å². The molecule has 4 nitrogen and oxygen atoms in total. The van der Waals surface area contributed by atoms with E-state index in [2.05, 4.69) is 5.32 Å². The fraction of sp³-hybridized carbons (Fsp3) is 0.125. The molecule has 0 atom stereocenters. The number of benzene rings is 2. The van der Waals surface area contributed by atoms with Gasteiger partial charge in [-0.1, -0.05) is 29.8 Å². The Morgan fingerprint density at radius 1 is 1.14 bits per heavy atom. The number of rotatable bonds is 4. The second-order valence-corrected chi connectivity index (χ2v) is 5.08. The quantitative estimate of drug-likeness (QED) is 0.911. The Labute approximate surface area is 127 Å². The van der Waals surface area contributed by atoms with E-state index in [1.807, 2.05) is 13.0 Å². The molecule has 0 aromatic heterocycles. The summed E-state index contributed by atoms with van der Waals surface area (Å²) in [4.78, 5) is 22.8. The van der Waals surface area contributed by atoms with Crippen LogP contribution in [0.25, 0.3) is 0 Å². The van der Waals surface area contributed by atoms with E-state index in [0.29, 0.717) is 17.1 Å². The molecule has 2 N–H and O–H groups in total. The van der Waals surface area contributed by atoms with Crippen molar-refractivity contribution >= 4 is 23.5 Å². The largest absolute Gasteiger partial charge is 0.478 e. The van der Waals surface area contributed by atoms with Crippen molar-refractivity contribution in [2.75, 3.05) is 0 Å². The summed E-state index contributed by atoms with van der Waals surface area (Å²) in [5, 5.41) is 12.0. The van der Waals surface area contributed by atoms with Gasteiger partial charge in [0.1, 0.15) is 0 Å². The summed E-state index contributed by atoms with van der Waals surface area (Å²) in [5.41, 5.74) is 2.44. The molecule has 0 saturated carbocycles. The summed E-state index contributed by atoms with van der Waals surface area (Å²) in [7, 11) is 0. The number of amides is 1. The zero-order valence-corrected chi connectivity index (χ0v) is 12.1. The van der Waals surface area contributed by atoms with Crippen molar-refractivity contribution in [3.63, 3.8) is 0 Å². The Balaban J connectivity index is 2.02. The Morgan fingerprint density at radius 3 is 2.38 bits per heavy atom. The molecule has 2 aromatic carbocycles. The van der Waals surface area contributed by atoms with Crippen LogP contribution in [0.5, 0.6) is 0 Å². The third-order valence-corrected chi connectivity index (χ3v) is 3.34. The minimum absolute atomic E-state index is 0.214. The standard InChI is InChI=1S/C16H14ClNO3/c1-10-2-7-13(14(17)8-10)15(19)18-9-11-3-5-12(6-4-11)16(20)21/h2-8H,9H2,1H3,(H,18,19)(H,20,21). The van der Waals surface area contributed by atoms with Crippen molar-refractivity contribution in [2.45, 2.75) is 13.5 Å². The normalized spacial score (nSPS) is 10.2. The summed E-state index contributed by atoms with van der Waals surface area (Å²) in [6, 6.07) is 11.6. The van der Waals surface area contributed by atoms with Gasteiger partial charge in [-0.05, 0) is 42.3 Å². The predicted molar refractivity (Wildman–Crippen MR) is 80.8 cm³/mol. The molecule has 0 saturated heterocycles. The van der Waals surface area contributed by atoms with Crippen LogP contribution in [-0.4, -0.2) is 17.0 Å². The van der Waals surface area contributed by atoms with E-state index in [1.54, 1.807) is 24.3 Å². The van der Waals surface area contributed by atoms with Crippen molar-refractivity contribution < 1.29 is 14.7 Å². The molecule has 0 aliphatic rings. The summed E-state index contributed by atoms with van der Waals surface area (Å²) >= 11 is 6.04. The van der Waals surface area contributed by atoms with Gasteiger partial charge in [-0.2, -0.15) is 0 Å². The van der Waals surface area contributed by atoms with E-state index in [1.165, 1.54) is 12.1 Å². The molecule has 0 aliphatic heterocycles. The average Bonchev–Trinajstić information content (AvgIpc) is 2.45. The van der Waals surface area contributed by atoms with Gasteiger partial charge in [0.2, 0.25) is 0 Å². The molecule has 21 heavy (non-hydrogen) atoms. The molecule has 0 spiro atoms. The van der Waals surface area contributed by atoms with Gasteiger partial charge >= 0.3 is 5.97 Å². The lowest BCUT2D eigenvalue weighted by molar-refractivity contribution is 0.0696. The lowest BCUT2D eigenvalue weighted by atomic mass is 10.1. The van der Waals surface area contributed by atoms with E-state index in [4.69, 9.17) is 16.7 Å². The monoisotopic (exact) mass is 303 g/mol. The van der Waals surface area contributed by atoms with Crippen LogP contribution in [-0.2, 0) is 6.54 Å². The van der Waals surface area contributed by atoms with Crippen molar-refractivity contribution in [1.29, 1.82) is 0 Å².